The van der Waals surface area contributed by atoms with E-state index in [1.54, 1.807) is 0 Å². The summed E-state index contributed by atoms with van der Waals surface area (Å²) in [5, 5.41) is 0. The van der Waals surface area contributed by atoms with Crippen LogP contribution >= 0.6 is 0 Å². The van der Waals surface area contributed by atoms with Crippen molar-refractivity contribution in [3.63, 3.8) is 0 Å². The van der Waals surface area contributed by atoms with Crippen LogP contribution in [0.2, 0.25) is 13.1 Å². The van der Waals surface area contributed by atoms with E-state index in [1.807, 2.05) is 0 Å². The summed E-state index contributed by atoms with van der Waals surface area (Å²) in [6.45, 7) is 7.65. The first-order chi connectivity index (χ1) is 4.12. The zero-order valence-corrected chi connectivity index (χ0v) is 9.82. The minimum Gasteiger partial charge on any atom is -0.453 e. The molecule has 0 rings (SSSR count). The second kappa shape index (κ2) is 4.21. The molecule has 0 unspecified atom stereocenters. The first kappa shape index (κ1) is 9.35. The average Bonchev–Trinajstić information content (AvgIpc) is 1.84. The molecule has 2 nitrogen and oxygen atoms in total. The van der Waals surface area contributed by atoms with Gasteiger partial charge in [0.2, 0.25) is 0 Å². The largest absolute Gasteiger partial charge is 0.453 e. The Balaban J connectivity index is 3.33. The normalized spacial score (nSPS) is 12.3. The van der Waals surface area contributed by atoms with Crippen LogP contribution in [0.3, 0.4) is 0 Å². The van der Waals surface area contributed by atoms with Gasteiger partial charge in [0.05, 0.1) is 0 Å². The lowest BCUT2D eigenvalue weighted by Gasteiger charge is -2.21. The second-order valence-electron chi connectivity index (χ2n) is 2.64. The van der Waals surface area contributed by atoms with Gasteiger partial charge in [0.1, 0.15) is 10.5 Å². The van der Waals surface area contributed by atoms with Crippen molar-refractivity contribution >= 4 is 19.0 Å². The summed E-state index contributed by atoms with van der Waals surface area (Å²) in [5.74, 6) is 0. The highest BCUT2D eigenvalue weighted by Gasteiger charge is 2.17. The molecule has 0 spiro atoms. The fourth-order valence-electron chi connectivity index (χ4n) is 0.498. The van der Waals surface area contributed by atoms with E-state index in [0.717, 1.165) is 17.0 Å². The predicted octanol–water partition coefficient (Wildman–Crippen LogP) is -0.0152. The SMILES string of the molecule is CCCN[Si](C)(C)O[SiH3]. The smallest absolute Gasteiger partial charge is 0.251 e. The van der Waals surface area contributed by atoms with Crippen LogP contribution in [0, 0.1) is 0 Å². The first-order valence-corrected chi connectivity index (χ1v) is 7.15. The number of hydrogen-bond donors (Lipinski definition) is 1. The summed E-state index contributed by atoms with van der Waals surface area (Å²) in [6.07, 6.45) is 1.20. The van der Waals surface area contributed by atoms with Crippen LogP contribution in [0.15, 0.2) is 0 Å². The van der Waals surface area contributed by atoms with Crippen LogP contribution in [0.4, 0.5) is 0 Å². The third kappa shape index (κ3) is 4.83. The number of rotatable bonds is 4. The molecule has 56 valence electrons. The van der Waals surface area contributed by atoms with E-state index >= 15 is 0 Å². The predicted molar refractivity (Wildman–Crippen MR) is 46.8 cm³/mol. The van der Waals surface area contributed by atoms with Crippen LogP contribution in [0.5, 0.6) is 0 Å². The van der Waals surface area contributed by atoms with Crippen molar-refractivity contribution in [2.24, 2.45) is 0 Å². The molecule has 0 amide bonds. The molecule has 0 aliphatic heterocycles. The van der Waals surface area contributed by atoms with Gasteiger partial charge in [-0.15, -0.1) is 0 Å². The van der Waals surface area contributed by atoms with Gasteiger partial charge in [-0.25, -0.2) is 0 Å². The maximum Gasteiger partial charge on any atom is 0.251 e. The molecule has 0 saturated heterocycles. The van der Waals surface area contributed by atoms with Gasteiger partial charge in [-0.1, -0.05) is 6.92 Å². The van der Waals surface area contributed by atoms with Crippen molar-refractivity contribution in [3.05, 3.63) is 0 Å². The molecule has 0 bridgehead atoms. The van der Waals surface area contributed by atoms with E-state index < -0.39 is 8.48 Å². The Labute approximate surface area is 61.7 Å². The maximum atomic E-state index is 5.41. The van der Waals surface area contributed by atoms with Gasteiger partial charge in [-0.3, -0.25) is 0 Å². The highest BCUT2D eigenvalue weighted by Crippen LogP contribution is 1.94. The Kier molecular flexibility index (Phi) is 4.38. The average molecular weight is 163 g/mol. The quantitative estimate of drug-likeness (QED) is 0.589. The summed E-state index contributed by atoms with van der Waals surface area (Å²) in [4.78, 5) is 3.41. The van der Waals surface area contributed by atoms with Crippen LogP contribution < -0.4 is 4.98 Å². The van der Waals surface area contributed by atoms with Crippen molar-refractivity contribution in [1.29, 1.82) is 0 Å². The highest BCUT2D eigenvalue weighted by atomic mass is 28.4. The molecule has 9 heavy (non-hydrogen) atoms. The lowest BCUT2D eigenvalue weighted by molar-refractivity contribution is 0.575. The standard InChI is InChI=1S/C5H17NOSi2/c1-4-5-6-9(2,3)7-8/h6H,4-5H2,1-3,8H3. The molecule has 0 fully saturated rings. The van der Waals surface area contributed by atoms with E-state index in [9.17, 15) is 0 Å². The number of nitrogens with one attached hydrogen (secondary N) is 1. The Morgan fingerprint density at radius 1 is 1.56 bits per heavy atom. The molecule has 0 aromatic rings. The van der Waals surface area contributed by atoms with Crippen LogP contribution in [-0.4, -0.2) is 25.5 Å². The zero-order chi connectivity index (χ0) is 7.33. The van der Waals surface area contributed by atoms with Crippen LogP contribution in [-0.2, 0) is 4.12 Å². The topological polar surface area (TPSA) is 21.3 Å². The molecule has 0 aromatic carbocycles. The monoisotopic (exact) mass is 163 g/mol. The Morgan fingerprint density at radius 2 is 2.11 bits per heavy atom. The van der Waals surface area contributed by atoms with Gasteiger partial charge in [0.25, 0.3) is 8.48 Å². The first-order valence-electron chi connectivity index (χ1n) is 3.42. The fourth-order valence-corrected chi connectivity index (χ4v) is 1.93. The third-order valence-electron chi connectivity index (χ3n) is 1.31. The molecule has 0 radical (unpaired) electrons. The van der Waals surface area contributed by atoms with Crippen LogP contribution in [0.25, 0.3) is 0 Å². The van der Waals surface area contributed by atoms with Gasteiger partial charge in [0, 0.05) is 0 Å². The summed E-state index contributed by atoms with van der Waals surface area (Å²) >= 11 is 0. The lowest BCUT2D eigenvalue weighted by Crippen LogP contribution is -2.47. The molecule has 0 heterocycles. The molecule has 4 heteroatoms. The van der Waals surface area contributed by atoms with E-state index in [2.05, 4.69) is 25.0 Å². The summed E-state index contributed by atoms with van der Waals surface area (Å²) in [5.41, 5.74) is 0. The third-order valence-corrected chi connectivity index (χ3v) is 6.49. The van der Waals surface area contributed by atoms with Crippen molar-refractivity contribution < 1.29 is 4.12 Å². The second-order valence-corrected chi connectivity index (χ2v) is 7.65. The molecule has 0 aliphatic rings. The van der Waals surface area contributed by atoms with E-state index in [0.29, 0.717) is 0 Å². The van der Waals surface area contributed by atoms with E-state index in [-0.39, 0.29) is 0 Å². The molecular weight excluding hydrogens is 146 g/mol. The lowest BCUT2D eigenvalue weighted by atomic mass is 10.5. The highest BCUT2D eigenvalue weighted by molar-refractivity contribution is 6.71. The molecule has 1 N–H and O–H groups in total. The van der Waals surface area contributed by atoms with Gasteiger partial charge >= 0.3 is 0 Å². The van der Waals surface area contributed by atoms with Gasteiger partial charge in [0.15, 0.2) is 0 Å². The van der Waals surface area contributed by atoms with Gasteiger partial charge in [-0.2, -0.15) is 0 Å². The zero-order valence-electron chi connectivity index (χ0n) is 6.82. The molecule has 0 atom stereocenters. The number of hydrogen-bond acceptors (Lipinski definition) is 2. The van der Waals surface area contributed by atoms with Crippen molar-refractivity contribution in [2.45, 2.75) is 26.4 Å². The van der Waals surface area contributed by atoms with Crippen LogP contribution in [0.1, 0.15) is 13.3 Å². The van der Waals surface area contributed by atoms with Crippen molar-refractivity contribution in [2.75, 3.05) is 6.54 Å². The molecule has 0 aromatic heterocycles. The Bertz CT molecular complexity index is 77.4. The Hall–Kier alpha value is 0.354. The maximum absolute atomic E-state index is 5.41. The van der Waals surface area contributed by atoms with Gasteiger partial charge in [-0.05, 0) is 26.1 Å². The minimum absolute atomic E-state index is 0.863. The summed E-state index contributed by atoms with van der Waals surface area (Å²) < 4.78 is 5.41. The Morgan fingerprint density at radius 3 is 2.44 bits per heavy atom. The molecular formula is C5H17NOSi2. The van der Waals surface area contributed by atoms with Crippen molar-refractivity contribution in [3.8, 4) is 0 Å². The molecule has 0 saturated carbocycles. The minimum atomic E-state index is -1.39. The van der Waals surface area contributed by atoms with Crippen molar-refractivity contribution in [1.82, 2.24) is 4.98 Å². The van der Waals surface area contributed by atoms with E-state index in [4.69, 9.17) is 4.12 Å². The van der Waals surface area contributed by atoms with Gasteiger partial charge < -0.3 is 9.10 Å². The fraction of sp³-hybridized carbons (Fsp3) is 1.00. The van der Waals surface area contributed by atoms with E-state index in [1.165, 1.54) is 6.42 Å². The molecule has 0 aliphatic carbocycles. The summed E-state index contributed by atoms with van der Waals surface area (Å²) in [6, 6.07) is 0. The summed E-state index contributed by atoms with van der Waals surface area (Å²) in [7, 11) is -0.523.